The molecule has 1 unspecified atom stereocenters. The standard InChI is InChI=1S/C22H21NO8/c1-3-13(21(27)28)10-23-20(26)18-9-14(4-6-16(18)22(29)30)15-5-7-19(31-11-24)17(8-15)12(2)25/h4-9,11,13H,3,10H2,1-2H3,(H,23,26)(H,27,28)(H,29,30). The van der Waals surface area contributed by atoms with E-state index in [9.17, 15) is 29.1 Å². The third-order valence-electron chi connectivity index (χ3n) is 4.71. The van der Waals surface area contributed by atoms with E-state index in [1.807, 2.05) is 0 Å². The van der Waals surface area contributed by atoms with Crippen molar-refractivity contribution in [2.75, 3.05) is 6.54 Å². The number of nitrogens with one attached hydrogen (secondary N) is 1. The van der Waals surface area contributed by atoms with Crippen LogP contribution in [0.2, 0.25) is 0 Å². The Labute approximate surface area is 177 Å². The molecule has 0 saturated heterocycles. The fourth-order valence-corrected chi connectivity index (χ4v) is 2.95. The Hall–Kier alpha value is -4.01. The van der Waals surface area contributed by atoms with E-state index in [1.165, 1.54) is 37.3 Å². The first-order valence-corrected chi connectivity index (χ1v) is 9.33. The molecule has 3 N–H and O–H groups in total. The number of carbonyl (C=O) groups is 5. The second-order valence-corrected chi connectivity index (χ2v) is 6.70. The number of carboxylic acid groups (broad SMARTS) is 2. The molecular formula is C22H21NO8. The average molecular weight is 427 g/mol. The lowest BCUT2D eigenvalue weighted by atomic mass is 9.96. The molecule has 31 heavy (non-hydrogen) atoms. The van der Waals surface area contributed by atoms with Crippen molar-refractivity contribution in [3.8, 4) is 16.9 Å². The summed E-state index contributed by atoms with van der Waals surface area (Å²) in [7, 11) is 0. The molecule has 2 rings (SSSR count). The van der Waals surface area contributed by atoms with Gasteiger partial charge in [0.05, 0.1) is 22.6 Å². The molecule has 0 aliphatic heterocycles. The summed E-state index contributed by atoms with van der Waals surface area (Å²) in [4.78, 5) is 57.9. The number of carbonyl (C=O) groups excluding carboxylic acids is 3. The van der Waals surface area contributed by atoms with Gasteiger partial charge in [-0.25, -0.2) is 4.79 Å². The molecule has 0 aliphatic rings. The van der Waals surface area contributed by atoms with E-state index in [0.29, 0.717) is 17.5 Å². The van der Waals surface area contributed by atoms with Crippen molar-refractivity contribution in [2.24, 2.45) is 5.92 Å². The van der Waals surface area contributed by atoms with Crippen LogP contribution in [-0.2, 0) is 9.59 Å². The number of hydrogen-bond donors (Lipinski definition) is 3. The first-order chi connectivity index (χ1) is 14.7. The van der Waals surface area contributed by atoms with E-state index in [0.717, 1.165) is 0 Å². The van der Waals surface area contributed by atoms with Gasteiger partial charge in [0.25, 0.3) is 12.4 Å². The number of rotatable bonds is 10. The molecule has 1 amide bonds. The van der Waals surface area contributed by atoms with Crippen molar-refractivity contribution >= 4 is 30.1 Å². The van der Waals surface area contributed by atoms with Gasteiger partial charge in [-0.1, -0.05) is 19.1 Å². The molecule has 162 valence electrons. The van der Waals surface area contributed by atoms with Gasteiger partial charge in [0.1, 0.15) is 5.75 Å². The van der Waals surface area contributed by atoms with Gasteiger partial charge in [-0.15, -0.1) is 0 Å². The van der Waals surface area contributed by atoms with Gasteiger partial charge in [-0.2, -0.15) is 0 Å². The summed E-state index contributed by atoms with van der Waals surface area (Å²) in [6.45, 7) is 3.01. The quantitative estimate of drug-likeness (QED) is 0.387. The number of Topliss-reactive ketones (excluding diaryl/α,β-unsaturated/α-hetero) is 1. The molecule has 1 atom stereocenters. The average Bonchev–Trinajstić information content (AvgIpc) is 2.73. The molecule has 0 saturated carbocycles. The predicted octanol–water partition coefficient (Wildman–Crippen LogP) is 2.63. The summed E-state index contributed by atoms with van der Waals surface area (Å²) in [5, 5.41) is 21.0. The van der Waals surface area contributed by atoms with Crippen LogP contribution in [0.5, 0.6) is 5.75 Å². The van der Waals surface area contributed by atoms with Crippen LogP contribution in [-0.4, -0.2) is 46.9 Å². The zero-order valence-electron chi connectivity index (χ0n) is 16.9. The fourth-order valence-electron chi connectivity index (χ4n) is 2.95. The Morgan fingerprint density at radius 1 is 1.00 bits per heavy atom. The minimum absolute atomic E-state index is 0.0747. The molecule has 0 heterocycles. The van der Waals surface area contributed by atoms with Gasteiger partial charge < -0.3 is 20.3 Å². The van der Waals surface area contributed by atoms with Crippen LogP contribution in [0.4, 0.5) is 0 Å². The summed E-state index contributed by atoms with van der Waals surface area (Å²) < 4.78 is 4.79. The molecule has 0 fully saturated rings. The Balaban J connectivity index is 2.46. The lowest BCUT2D eigenvalue weighted by Gasteiger charge is -2.14. The summed E-state index contributed by atoms with van der Waals surface area (Å²) in [5.41, 5.74) is 0.678. The van der Waals surface area contributed by atoms with Gasteiger partial charge in [-0.3, -0.25) is 19.2 Å². The van der Waals surface area contributed by atoms with Crippen LogP contribution in [0, 0.1) is 5.92 Å². The Morgan fingerprint density at radius 3 is 2.13 bits per heavy atom. The van der Waals surface area contributed by atoms with E-state index in [1.54, 1.807) is 13.0 Å². The SMILES string of the molecule is CCC(CNC(=O)c1cc(-c2ccc(OC=O)c(C(C)=O)c2)ccc1C(=O)O)C(=O)O. The normalized spacial score (nSPS) is 11.3. The number of amides is 1. The highest BCUT2D eigenvalue weighted by Gasteiger charge is 2.21. The number of ether oxygens (including phenoxy) is 1. The zero-order valence-corrected chi connectivity index (χ0v) is 16.9. The monoisotopic (exact) mass is 427 g/mol. The van der Waals surface area contributed by atoms with E-state index in [4.69, 9.17) is 9.84 Å². The summed E-state index contributed by atoms with van der Waals surface area (Å²) in [6.07, 6.45) is 0.296. The summed E-state index contributed by atoms with van der Waals surface area (Å²) >= 11 is 0. The van der Waals surface area contributed by atoms with Gasteiger partial charge >= 0.3 is 11.9 Å². The topological polar surface area (TPSA) is 147 Å². The lowest BCUT2D eigenvalue weighted by Crippen LogP contribution is -2.33. The van der Waals surface area contributed by atoms with E-state index in [-0.39, 0.29) is 41.2 Å². The van der Waals surface area contributed by atoms with Crippen LogP contribution < -0.4 is 10.1 Å². The van der Waals surface area contributed by atoms with Crippen LogP contribution in [0.15, 0.2) is 36.4 Å². The van der Waals surface area contributed by atoms with Crippen LogP contribution in [0.1, 0.15) is 51.3 Å². The van der Waals surface area contributed by atoms with E-state index in [2.05, 4.69) is 5.32 Å². The smallest absolute Gasteiger partial charge is 0.336 e. The molecule has 9 nitrogen and oxygen atoms in total. The minimum atomic E-state index is -1.32. The highest BCUT2D eigenvalue weighted by atomic mass is 16.5. The Kier molecular flexibility index (Phi) is 7.62. The van der Waals surface area contributed by atoms with Crippen LogP contribution in [0.3, 0.4) is 0 Å². The number of aliphatic carboxylic acids is 1. The third kappa shape index (κ3) is 5.53. The zero-order chi connectivity index (χ0) is 23.1. The van der Waals surface area contributed by atoms with Crippen molar-refractivity contribution in [3.05, 3.63) is 53.1 Å². The Bertz CT molecular complexity index is 1040. The van der Waals surface area contributed by atoms with Gasteiger partial charge in [0, 0.05) is 6.54 Å². The number of benzene rings is 2. The van der Waals surface area contributed by atoms with E-state index < -0.39 is 23.8 Å². The van der Waals surface area contributed by atoms with E-state index >= 15 is 0 Å². The third-order valence-corrected chi connectivity index (χ3v) is 4.71. The summed E-state index contributed by atoms with van der Waals surface area (Å²) in [5.74, 6) is -4.19. The predicted molar refractivity (Wildman–Crippen MR) is 109 cm³/mol. The fraction of sp³-hybridized carbons (Fsp3) is 0.227. The summed E-state index contributed by atoms with van der Waals surface area (Å²) in [6, 6.07) is 8.52. The highest BCUT2D eigenvalue weighted by molar-refractivity contribution is 6.06. The van der Waals surface area contributed by atoms with Crippen molar-refractivity contribution in [1.29, 1.82) is 0 Å². The first kappa shape index (κ1) is 23.3. The number of hydrogen-bond acceptors (Lipinski definition) is 6. The maximum Gasteiger partial charge on any atom is 0.336 e. The van der Waals surface area contributed by atoms with Crippen LogP contribution >= 0.6 is 0 Å². The molecule has 0 aliphatic carbocycles. The maximum absolute atomic E-state index is 12.6. The molecule has 0 radical (unpaired) electrons. The Morgan fingerprint density at radius 2 is 1.61 bits per heavy atom. The highest BCUT2D eigenvalue weighted by Crippen LogP contribution is 2.28. The second-order valence-electron chi connectivity index (χ2n) is 6.70. The minimum Gasteiger partial charge on any atom is -0.481 e. The van der Waals surface area contributed by atoms with Crippen molar-refractivity contribution in [1.82, 2.24) is 5.32 Å². The van der Waals surface area contributed by atoms with Crippen molar-refractivity contribution in [3.63, 3.8) is 0 Å². The largest absolute Gasteiger partial charge is 0.481 e. The number of carboxylic acids is 2. The number of ketones is 1. The van der Waals surface area contributed by atoms with Gasteiger partial charge in [-0.05, 0) is 48.7 Å². The van der Waals surface area contributed by atoms with Gasteiger partial charge in [0.15, 0.2) is 5.78 Å². The molecule has 2 aromatic carbocycles. The molecule has 0 spiro atoms. The number of aromatic carboxylic acids is 1. The molecule has 0 bridgehead atoms. The van der Waals surface area contributed by atoms with Gasteiger partial charge in [0.2, 0.25) is 0 Å². The lowest BCUT2D eigenvalue weighted by molar-refractivity contribution is -0.141. The first-order valence-electron chi connectivity index (χ1n) is 9.33. The van der Waals surface area contributed by atoms with Crippen molar-refractivity contribution < 1.29 is 38.9 Å². The molecule has 9 heteroatoms. The molecule has 2 aromatic rings. The second kappa shape index (κ2) is 10.1. The maximum atomic E-state index is 12.6. The molecule has 0 aromatic heterocycles. The van der Waals surface area contributed by atoms with Crippen molar-refractivity contribution in [2.45, 2.75) is 20.3 Å². The van der Waals surface area contributed by atoms with Crippen LogP contribution in [0.25, 0.3) is 11.1 Å². The molecular weight excluding hydrogens is 406 g/mol.